The van der Waals surface area contributed by atoms with Crippen LogP contribution in [0.25, 0.3) is 11.3 Å². The maximum Gasteiger partial charge on any atom is 0.264 e. The highest BCUT2D eigenvalue weighted by Gasteiger charge is 2.16. The molecule has 1 aliphatic heterocycles. The van der Waals surface area contributed by atoms with E-state index < -0.39 is 0 Å². The minimum absolute atomic E-state index is 0.178. The van der Waals surface area contributed by atoms with Gasteiger partial charge in [-0.1, -0.05) is 42.0 Å². The first-order chi connectivity index (χ1) is 13.7. The van der Waals surface area contributed by atoms with Crippen LogP contribution in [0.2, 0.25) is 0 Å². The molecule has 1 aliphatic rings. The number of H-pyrrole nitrogens is 1. The first-order valence-electron chi connectivity index (χ1n) is 9.86. The molecule has 1 fully saturated rings. The molecule has 28 heavy (non-hydrogen) atoms. The molecule has 0 atom stereocenters. The minimum atomic E-state index is -0.178. The Labute approximate surface area is 165 Å². The number of hydrogen-bond acceptors (Lipinski definition) is 4. The second-order valence-corrected chi connectivity index (χ2v) is 7.42. The van der Waals surface area contributed by atoms with Crippen molar-refractivity contribution in [3.05, 3.63) is 82.1 Å². The predicted molar refractivity (Wildman–Crippen MR) is 114 cm³/mol. The standard InChI is InChI=1S/C23H26N4O/c1-18-2-8-21(9-3-18)27-16-14-26(15-17-27)13-12-19-4-6-20(7-5-19)22-10-11-23(28)25-24-22/h2-11H,12-17H2,1H3,(H,25,28). The summed E-state index contributed by atoms with van der Waals surface area (Å²) in [6, 6.07) is 20.6. The Morgan fingerprint density at radius 2 is 1.61 bits per heavy atom. The van der Waals surface area contributed by atoms with E-state index in [0.717, 1.165) is 50.4 Å². The number of nitrogens with zero attached hydrogens (tertiary/aromatic N) is 3. The van der Waals surface area contributed by atoms with Crippen LogP contribution in [-0.2, 0) is 6.42 Å². The van der Waals surface area contributed by atoms with E-state index >= 15 is 0 Å². The van der Waals surface area contributed by atoms with Crippen molar-refractivity contribution in [2.45, 2.75) is 13.3 Å². The third-order valence-electron chi connectivity index (χ3n) is 5.42. The number of benzene rings is 2. The first kappa shape index (κ1) is 18.4. The highest BCUT2D eigenvalue weighted by Crippen LogP contribution is 2.18. The maximum absolute atomic E-state index is 11.1. The van der Waals surface area contributed by atoms with Gasteiger partial charge < -0.3 is 4.90 Å². The summed E-state index contributed by atoms with van der Waals surface area (Å²) in [6.07, 6.45) is 1.05. The Morgan fingerprint density at radius 1 is 0.893 bits per heavy atom. The van der Waals surface area contributed by atoms with E-state index in [1.165, 1.54) is 22.9 Å². The van der Waals surface area contributed by atoms with Gasteiger partial charge in [0.15, 0.2) is 0 Å². The Balaban J connectivity index is 1.27. The molecule has 0 spiro atoms. The second kappa shape index (κ2) is 8.40. The molecule has 4 rings (SSSR count). The van der Waals surface area contributed by atoms with Crippen molar-refractivity contribution in [3.8, 4) is 11.3 Å². The number of rotatable bonds is 5. The lowest BCUT2D eigenvalue weighted by atomic mass is 10.1. The van der Waals surface area contributed by atoms with Crippen LogP contribution < -0.4 is 10.5 Å². The maximum atomic E-state index is 11.1. The van der Waals surface area contributed by atoms with Gasteiger partial charge in [0.05, 0.1) is 5.69 Å². The molecule has 1 aromatic heterocycles. The summed E-state index contributed by atoms with van der Waals surface area (Å²) in [6.45, 7) is 7.59. The molecule has 0 aliphatic carbocycles. The fourth-order valence-electron chi connectivity index (χ4n) is 3.62. The van der Waals surface area contributed by atoms with Crippen LogP contribution in [0.15, 0.2) is 65.5 Å². The Hall–Kier alpha value is -2.92. The van der Waals surface area contributed by atoms with Crippen molar-refractivity contribution in [2.24, 2.45) is 0 Å². The summed E-state index contributed by atoms with van der Waals surface area (Å²) >= 11 is 0. The van der Waals surface area contributed by atoms with Gasteiger partial charge in [0, 0.05) is 50.0 Å². The molecule has 2 heterocycles. The highest BCUT2D eigenvalue weighted by atomic mass is 16.1. The molecule has 144 valence electrons. The summed E-state index contributed by atoms with van der Waals surface area (Å²) in [5, 5.41) is 6.57. The van der Waals surface area contributed by atoms with E-state index in [2.05, 4.69) is 75.5 Å². The van der Waals surface area contributed by atoms with Crippen LogP contribution >= 0.6 is 0 Å². The van der Waals surface area contributed by atoms with E-state index in [4.69, 9.17) is 0 Å². The molecule has 5 nitrogen and oxygen atoms in total. The Morgan fingerprint density at radius 3 is 2.25 bits per heavy atom. The lowest BCUT2D eigenvalue weighted by molar-refractivity contribution is 0.261. The quantitative estimate of drug-likeness (QED) is 0.746. The fraction of sp³-hybridized carbons (Fsp3) is 0.304. The lowest BCUT2D eigenvalue weighted by Gasteiger charge is -2.36. The number of aromatic nitrogens is 2. The van der Waals surface area contributed by atoms with Crippen molar-refractivity contribution in [3.63, 3.8) is 0 Å². The SMILES string of the molecule is Cc1ccc(N2CCN(CCc3ccc(-c4ccc(=O)[nH]n4)cc3)CC2)cc1. The molecule has 0 unspecified atom stereocenters. The number of nitrogens with one attached hydrogen (secondary N) is 1. The van der Waals surface area contributed by atoms with E-state index in [1.807, 2.05) is 0 Å². The van der Waals surface area contributed by atoms with Gasteiger partial charge in [-0.15, -0.1) is 0 Å². The smallest absolute Gasteiger partial charge is 0.264 e. The molecule has 3 aromatic rings. The van der Waals surface area contributed by atoms with Crippen molar-refractivity contribution in [1.82, 2.24) is 15.1 Å². The van der Waals surface area contributed by atoms with Crippen molar-refractivity contribution < 1.29 is 0 Å². The molecule has 1 saturated heterocycles. The Bertz CT molecular complexity index is 935. The summed E-state index contributed by atoms with van der Waals surface area (Å²) in [5.74, 6) is 0. The third kappa shape index (κ3) is 4.49. The van der Waals surface area contributed by atoms with E-state index in [0.29, 0.717) is 0 Å². The van der Waals surface area contributed by atoms with Gasteiger partial charge in [-0.05, 0) is 37.1 Å². The molecular weight excluding hydrogens is 348 g/mol. The molecule has 0 bridgehead atoms. The molecule has 0 radical (unpaired) electrons. The molecule has 1 N–H and O–H groups in total. The summed E-state index contributed by atoms with van der Waals surface area (Å²) in [7, 11) is 0. The molecule has 5 heteroatoms. The van der Waals surface area contributed by atoms with Crippen LogP contribution in [0.1, 0.15) is 11.1 Å². The van der Waals surface area contributed by atoms with Gasteiger partial charge in [0.1, 0.15) is 0 Å². The van der Waals surface area contributed by atoms with Gasteiger partial charge in [-0.2, -0.15) is 5.10 Å². The minimum Gasteiger partial charge on any atom is -0.369 e. The van der Waals surface area contributed by atoms with Crippen LogP contribution in [0.5, 0.6) is 0 Å². The van der Waals surface area contributed by atoms with Crippen molar-refractivity contribution >= 4 is 5.69 Å². The van der Waals surface area contributed by atoms with E-state index in [9.17, 15) is 4.79 Å². The Kier molecular flexibility index (Phi) is 5.53. The summed E-state index contributed by atoms with van der Waals surface area (Å²) < 4.78 is 0. The average molecular weight is 374 g/mol. The first-order valence-corrected chi connectivity index (χ1v) is 9.86. The normalized spacial score (nSPS) is 15.0. The van der Waals surface area contributed by atoms with Gasteiger partial charge in [-0.25, -0.2) is 5.10 Å². The van der Waals surface area contributed by atoms with Crippen molar-refractivity contribution in [2.75, 3.05) is 37.6 Å². The van der Waals surface area contributed by atoms with E-state index in [-0.39, 0.29) is 5.56 Å². The van der Waals surface area contributed by atoms with Crippen LogP contribution in [0.4, 0.5) is 5.69 Å². The topological polar surface area (TPSA) is 52.2 Å². The van der Waals surface area contributed by atoms with Crippen LogP contribution in [-0.4, -0.2) is 47.8 Å². The fourth-order valence-corrected chi connectivity index (χ4v) is 3.62. The predicted octanol–water partition coefficient (Wildman–Crippen LogP) is 3.11. The molecule has 2 aromatic carbocycles. The molecule has 0 amide bonds. The number of aryl methyl sites for hydroxylation is 1. The third-order valence-corrected chi connectivity index (χ3v) is 5.42. The molecule has 0 saturated carbocycles. The van der Waals surface area contributed by atoms with Gasteiger partial charge in [0.2, 0.25) is 0 Å². The summed E-state index contributed by atoms with van der Waals surface area (Å²) in [5.41, 5.74) is 5.60. The van der Waals surface area contributed by atoms with Gasteiger partial charge in [0.25, 0.3) is 5.56 Å². The zero-order valence-electron chi connectivity index (χ0n) is 16.3. The number of hydrogen-bond donors (Lipinski definition) is 1. The van der Waals surface area contributed by atoms with Crippen LogP contribution in [0.3, 0.4) is 0 Å². The highest BCUT2D eigenvalue weighted by molar-refractivity contribution is 5.58. The zero-order chi connectivity index (χ0) is 19.3. The number of anilines is 1. The summed E-state index contributed by atoms with van der Waals surface area (Å²) in [4.78, 5) is 16.1. The second-order valence-electron chi connectivity index (χ2n) is 7.42. The van der Waals surface area contributed by atoms with Gasteiger partial charge >= 0.3 is 0 Å². The monoisotopic (exact) mass is 374 g/mol. The van der Waals surface area contributed by atoms with Gasteiger partial charge in [-0.3, -0.25) is 9.69 Å². The lowest BCUT2D eigenvalue weighted by Crippen LogP contribution is -2.47. The van der Waals surface area contributed by atoms with Crippen LogP contribution in [0, 0.1) is 6.92 Å². The largest absolute Gasteiger partial charge is 0.369 e. The van der Waals surface area contributed by atoms with Crippen molar-refractivity contribution in [1.29, 1.82) is 0 Å². The molecular formula is C23H26N4O. The average Bonchev–Trinajstić information content (AvgIpc) is 2.74. The van der Waals surface area contributed by atoms with E-state index in [1.54, 1.807) is 6.07 Å². The number of aromatic amines is 1. The number of piperazine rings is 1. The zero-order valence-corrected chi connectivity index (χ0v) is 16.3.